The van der Waals surface area contributed by atoms with Crippen LogP contribution in [0.2, 0.25) is 0 Å². The highest BCUT2D eigenvalue weighted by atomic mass is 16.7. The molecule has 0 saturated carbocycles. The molecule has 2 aliphatic rings. The maximum Gasteiger partial charge on any atom is 0.499 e. The standard InChI is InChI=1S/C12H15BO4/c1-11(2)12(3,4)17-13(16-11)9-7-8(14)5-6-10(9)15/h5-7H,1-4H3. The molecule has 1 aliphatic heterocycles. The van der Waals surface area contributed by atoms with Gasteiger partial charge in [0.05, 0.1) is 11.2 Å². The summed E-state index contributed by atoms with van der Waals surface area (Å²) in [7, 11) is -0.763. The molecule has 1 heterocycles. The first-order valence-electron chi connectivity index (χ1n) is 5.56. The molecule has 5 heteroatoms. The molecule has 0 aromatic carbocycles. The lowest BCUT2D eigenvalue weighted by atomic mass is 9.73. The van der Waals surface area contributed by atoms with Crippen molar-refractivity contribution in [3.63, 3.8) is 0 Å². The van der Waals surface area contributed by atoms with E-state index >= 15 is 0 Å². The Bertz CT molecular complexity index is 429. The van der Waals surface area contributed by atoms with E-state index < -0.39 is 18.3 Å². The smallest absolute Gasteiger partial charge is 0.399 e. The summed E-state index contributed by atoms with van der Waals surface area (Å²) in [6, 6.07) is 0. The molecular weight excluding hydrogens is 219 g/mol. The molecule has 1 saturated heterocycles. The van der Waals surface area contributed by atoms with E-state index in [1.807, 2.05) is 27.7 Å². The Morgan fingerprint density at radius 3 is 2.06 bits per heavy atom. The third-order valence-electron chi connectivity index (χ3n) is 3.49. The second-order valence-electron chi connectivity index (χ2n) is 5.29. The molecule has 0 amide bonds. The first-order chi connectivity index (χ1) is 7.73. The Balaban J connectivity index is 2.27. The van der Waals surface area contributed by atoms with Crippen LogP contribution < -0.4 is 0 Å². The zero-order valence-corrected chi connectivity index (χ0v) is 10.4. The first-order valence-corrected chi connectivity index (χ1v) is 5.56. The monoisotopic (exact) mass is 234 g/mol. The lowest BCUT2D eigenvalue weighted by molar-refractivity contribution is -0.114. The van der Waals surface area contributed by atoms with E-state index in [9.17, 15) is 9.59 Å². The van der Waals surface area contributed by atoms with Gasteiger partial charge in [-0.2, -0.15) is 0 Å². The van der Waals surface area contributed by atoms with Crippen molar-refractivity contribution < 1.29 is 18.9 Å². The number of hydrogen-bond acceptors (Lipinski definition) is 4. The Labute approximate surface area is 101 Å². The maximum absolute atomic E-state index is 11.7. The molecule has 2 rings (SSSR count). The minimum absolute atomic E-state index is 0.214. The van der Waals surface area contributed by atoms with Crippen molar-refractivity contribution in [2.45, 2.75) is 38.9 Å². The van der Waals surface area contributed by atoms with E-state index in [1.54, 1.807) is 0 Å². The molecule has 0 aromatic heterocycles. The van der Waals surface area contributed by atoms with Crippen LogP contribution in [0.1, 0.15) is 27.7 Å². The fourth-order valence-corrected chi connectivity index (χ4v) is 1.68. The predicted molar refractivity (Wildman–Crippen MR) is 63.3 cm³/mol. The molecule has 0 radical (unpaired) electrons. The summed E-state index contributed by atoms with van der Waals surface area (Å²) in [6.07, 6.45) is 3.78. The zero-order valence-electron chi connectivity index (χ0n) is 10.4. The van der Waals surface area contributed by atoms with Crippen molar-refractivity contribution in [2.24, 2.45) is 0 Å². The summed E-state index contributed by atoms with van der Waals surface area (Å²) in [6.45, 7) is 7.61. The summed E-state index contributed by atoms with van der Waals surface area (Å²) in [5.41, 5.74) is -0.748. The Morgan fingerprint density at radius 2 is 1.53 bits per heavy atom. The van der Waals surface area contributed by atoms with Crippen molar-refractivity contribution in [3.8, 4) is 0 Å². The van der Waals surface area contributed by atoms with E-state index in [1.165, 1.54) is 18.2 Å². The van der Waals surface area contributed by atoms with Gasteiger partial charge in [0.2, 0.25) is 0 Å². The maximum atomic E-state index is 11.7. The van der Waals surface area contributed by atoms with Crippen LogP contribution in [0.4, 0.5) is 0 Å². The summed E-state index contributed by atoms with van der Waals surface area (Å²) in [5.74, 6) is -0.447. The van der Waals surface area contributed by atoms with Gasteiger partial charge in [0.1, 0.15) is 0 Å². The highest BCUT2D eigenvalue weighted by Gasteiger charge is 2.53. The SMILES string of the molecule is CC1(C)OB(C2=CC(=O)C=CC2=O)OC1(C)C. The van der Waals surface area contributed by atoms with Gasteiger partial charge in [0, 0.05) is 5.47 Å². The number of hydrogen-bond donors (Lipinski definition) is 0. The van der Waals surface area contributed by atoms with Crippen LogP contribution in [0.15, 0.2) is 23.7 Å². The molecule has 0 atom stereocenters. The molecule has 0 N–H and O–H groups in total. The third-order valence-corrected chi connectivity index (χ3v) is 3.49. The van der Waals surface area contributed by atoms with Gasteiger partial charge in [-0.1, -0.05) is 0 Å². The average Bonchev–Trinajstić information content (AvgIpc) is 2.40. The quantitative estimate of drug-likeness (QED) is 0.506. The first kappa shape index (κ1) is 12.3. The van der Waals surface area contributed by atoms with E-state index in [4.69, 9.17) is 9.31 Å². The fourth-order valence-electron chi connectivity index (χ4n) is 1.68. The molecule has 1 aliphatic carbocycles. The van der Waals surface area contributed by atoms with Crippen LogP contribution in [0.25, 0.3) is 0 Å². The Kier molecular flexibility index (Phi) is 2.63. The van der Waals surface area contributed by atoms with Crippen molar-refractivity contribution in [1.29, 1.82) is 0 Å². The minimum atomic E-state index is -0.763. The lowest BCUT2D eigenvalue weighted by Gasteiger charge is -2.32. The summed E-state index contributed by atoms with van der Waals surface area (Å²) < 4.78 is 11.4. The number of allylic oxidation sites excluding steroid dienone is 4. The van der Waals surface area contributed by atoms with E-state index in [0.29, 0.717) is 0 Å². The van der Waals surface area contributed by atoms with Gasteiger partial charge in [-0.3, -0.25) is 9.59 Å². The van der Waals surface area contributed by atoms with Crippen molar-refractivity contribution in [2.75, 3.05) is 0 Å². The van der Waals surface area contributed by atoms with Crippen LogP contribution >= 0.6 is 0 Å². The number of carbonyl (C=O) groups is 2. The average molecular weight is 234 g/mol. The van der Waals surface area contributed by atoms with Crippen LogP contribution in [-0.4, -0.2) is 29.9 Å². The van der Waals surface area contributed by atoms with Gasteiger partial charge in [-0.15, -0.1) is 0 Å². The molecule has 0 bridgehead atoms. The number of carbonyl (C=O) groups excluding carboxylic acids is 2. The van der Waals surface area contributed by atoms with Crippen molar-refractivity contribution in [1.82, 2.24) is 0 Å². The Hall–Kier alpha value is -1.20. The van der Waals surface area contributed by atoms with E-state index in [0.717, 1.165) is 0 Å². The molecular formula is C12H15BO4. The van der Waals surface area contributed by atoms with Gasteiger partial charge in [0.15, 0.2) is 11.6 Å². The summed E-state index contributed by atoms with van der Waals surface area (Å²) >= 11 is 0. The highest BCUT2D eigenvalue weighted by Crippen LogP contribution is 2.38. The molecule has 90 valence electrons. The van der Waals surface area contributed by atoms with Gasteiger partial charge < -0.3 is 9.31 Å². The molecule has 0 spiro atoms. The van der Waals surface area contributed by atoms with Crippen molar-refractivity contribution in [3.05, 3.63) is 23.7 Å². The summed E-state index contributed by atoms with van der Waals surface area (Å²) in [5, 5.41) is 0. The van der Waals surface area contributed by atoms with Gasteiger partial charge in [0.25, 0.3) is 0 Å². The second-order valence-corrected chi connectivity index (χ2v) is 5.29. The zero-order chi connectivity index (χ0) is 12.8. The normalized spacial score (nSPS) is 26.4. The van der Waals surface area contributed by atoms with Crippen LogP contribution in [0, 0.1) is 0 Å². The topological polar surface area (TPSA) is 52.6 Å². The van der Waals surface area contributed by atoms with Crippen molar-refractivity contribution >= 4 is 18.7 Å². The Morgan fingerprint density at radius 1 is 1.00 bits per heavy atom. The van der Waals surface area contributed by atoms with Crippen LogP contribution in [0.3, 0.4) is 0 Å². The number of ketones is 2. The molecule has 4 nitrogen and oxygen atoms in total. The van der Waals surface area contributed by atoms with Gasteiger partial charge in [-0.25, -0.2) is 0 Å². The van der Waals surface area contributed by atoms with Gasteiger partial charge in [-0.05, 0) is 45.9 Å². The fraction of sp³-hybridized carbons (Fsp3) is 0.500. The highest BCUT2D eigenvalue weighted by molar-refractivity contribution is 6.64. The minimum Gasteiger partial charge on any atom is -0.399 e. The van der Waals surface area contributed by atoms with Crippen LogP contribution in [0.5, 0.6) is 0 Å². The second kappa shape index (κ2) is 3.65. The lowest BCUT2D eigenvalue weighted by Crippen LogP contribution is -2.41. The van der Waals surface area contributed by atoms with Gasteiger partial charge >= 0.3 is 7.12 Å². The molecule has 0 unspecified atom stereocenters. The number of rotatable bonds is 1. The van der Waals surface area contributed by atoms with Crippen LogP contribution in [-0.2, 0) is 18.9 Å². The van der Waals surface area contributed by atoms with E-state index in [-0.39, 0.29) is 17.0 Å². The molecule has 0 aromatic rings. The summed E-state index contributed by atoms with van der Waals surface area (Å²) in [4.78, 5) is 23.0. The largest absolute Gasteiger partial charge is 0.499 e. The molecule has 17 heavy (non-hydrogen) atoms. The third kappa shape index (κ3) is 2.00. The molecule has 1 fully saturated rings. The predicted octanol–water partition coefficient (Wildman–Crippen LogP) is 1.25. The van der Waals surface area contributed by atoms with E-state index in [2.05, 4.69) is 0 Å².